The summed E-state index contributed by atoms with van der Waals surface area (Å²) in [7, 11) is -2.96. The molecule has 1 aliphatic rings. The fourth-order valence-corrected chi connectivity index (χ4v) is 3.85. The molecule has 1 saturated carbocycles. The molecule has 2 atom stereocenters. The van der Waals surface area contributed by atoms with Crippen molar-refractivity contribution in [3.05, 3.63) is 29.8 Å². The van der Waals surface area contributed by atoms with Gasteiger partial charge < -0.3 is 10.5 Å². The highest BCUT2D eigenvalue weighted by Gasteiger charge is 2.29. The van der Waals surface area contributed by atoms with Crippen LogP contribution in [0.1, 0.15) is 31.2 Å². The maximum absolute atomic E-state index is 11.6. The minimum atomic E-state index is -2.96. The molecule has 4 nitrogen and oxygen atoms in total. The van der Waals surface area contributed by atoms with Crippen LogP contribution in [0, 0.1) is 0 Å². The molecule has 20 heavy (non-hydrogen) atoms. The van der Waals surface area contributed by atoms with E-state index < -0.39 is 9.84 Å². The Morgan fingerprint density at radius 1 is 1.25 bits per heavy atom. The molecular formula is C15H23NO3S. The Labute approximate surface area is 121 Å². The number of nitrogens with two attached hydrogens (primary N) is 1. The second-order valence-electron chi connectivity index (χ2n) is 5.54. The molecule has 112 valence electrons. The van der Waals surface area contributed by atoms with Crippen LogP contribution in [-0.2, 0) is 16.3 Å². The van der Waals surface area contributed by atoms with Gasteiger partial charge in [0.05, 0.1) is 11.4 Å². The first-order valence-corrected chi connectivity index (χ1v) is 9.09. The first-order valence-electron chi connectivity index (χ1n) is 7.13. The summed E-state index contributed by atoms with van der Waals surface area (Å²) in [4.78, 5) is 0. The first kappa shape index (κ1) is 15.3. The van der Waals surface area contributed by atoms with Crippen molar-refractivity contribution in [3.63, 3.8) is 0 Å². The molecule has 0 aromatic heterocycles. The Balaban J connectivity index is 1.95. The molecule has 1 fully saturated rings. The fourth-order valence-electron chi connectivity index (χ4n) is 2.69. The molecule has 5 heteroatoms. The Kier molecular flexibility index (Phi) is 5.05. The average Bonchev–Trinajstić information content (AvgIpc) is 2.41. The highest BCUT2D eigenvalue weighted by molar-refractivity contribution is 7.91. The highest BCUT2D eigenvalue weighted by atomic mass is 32.2. The molecule has 0 amide bonds. The van der Waals surface area contributed by atoms with Gasteiger partial charge in [-0.3, -0.25) is 0 Å². The summed E-state index contributed by atoms with van der Waals surface area (Å²) in [5.41, 5.74) is 6.71. The second-order valence-corrected chi connectivity index (χ2v) is 7.87. The zero-order valence-corrected chi connectivity index (χ0v) is 12.7. The minimum Gasteiger partial charge on any atom is -0.490 e. The van der Waals surface area contributed by atoms with Gasteiger partial charge >= 0.3 is 0 Å². The van der Waals surface area contributed by atoms with Crippen LogP contribution < -0.4 is 10.5 Å². The number of sulfone groups is 1. The maximum atomic E-state index is 11.6. The molecule has 1 aliphatic carbocycles. The van der Waals surface area contributed by atoms with Crippen LogP contribution in [0.2, 0.25) is 0 Å². The lowest BCUT2D eigenvalue weighted by Crippen LogP contribution is -2.33. The van der Waals surface area contributed by atoms with Crippen molar-refractivity contribution in [2.24, 2.45) is 5.73 Å². The van der Waals surface area contributed by atoms with Crippen molar-refractivity contribution >= 4 is 9.84 Å². The summed E-state index contributed by atoms with van der Waals surface area (Å²) in [6, 6.07) is 7.90. The molecule has 0 spiro atoms. The molecule has 0 aliphatic heterocycles. The molecule has 2 unspecified atom stereocenters. The standard InChI is InChI=1S/C15H23NO3S/c1-20(17,18)15-4-2-3-14(11-15)19-13-7-5-12(6-8-13)9-10-16/h5-8,14-15H,2-4,9-11,16H2,1H3. The number of hydrogen-bond donors (Lipinski definition) is 1. The second kappa shape index (κ2) is 6.59. The molecule has 0 heterocycles. The Morgan fingerprint density at radius 2 is 1.95 bits per heavy atom. The van der Waals surface area contributed by atoms with Gasteiger partial charge in [0.2, 0.25) is 0 Å². The summed E-state index contributed by atoms with van der Waals surface area (Å²) < 4.78 is 29.2. The molecule has 0 radical (unpaired) electrons. The van der Waals surface area contributed by atoms with E-state index in [4.69, 9.17) is 10.5 Å². The largest absolute Gasteiger partial charge is 0.490 e. The summed E-state index contributed by atoms with van der Waals surface area (Å²) in [5.74, 6) is 0.810. The minimum absolute atomic E-state index is 0.00355. The van der Waals surface area contributed by atoms with Gasteiger partial charge in [0.15, 0.2) is 0 Å². The zero-order valence-electron chi connectivity index (χ0n) is 11.9. The van der Waals surface area contributed by atoms with Gasteiger partial charge in [-0.1, -0.05) is 12.1 Å². The van der Waals surface area contributed by atoms with Gasteiger partial charge in [-0.15, -0.1) is 0 Å². The number of ether oxygens (including phenoxy) is 1. The molecular weight excluding hydrogens is 274 g/mol. The molecule has 2 N–H and O–H groups in total. The SMILES string of the molecule is CS(=O)(=O)C1CCCC(Oc2ccc(CCN)cc2)C1. The molecule has 1 aromatic carbocycles. The Bertz CT molecular complexity index is 525. The van der Waals surface area contributed by atoms with Crippen molar-refractivity contribution in [1.29, 1.82) is 0 Å². The fraction of sp³-hybridized carbons (Fsp3) is 0.600. The topological polar surface area (TPSA) is 69.4 Å². The van der Waals surface area contributed by atoms with Crippen LogP contribution in [0.3, 0.4) is 0 Å². The molecule has 0 bridgehead atoms. The van der Waals surface area contributed by atoms with Crippen molar-refractivity contribution in [1.82, 2.24) is 0 Å². The van der Waals surface area contributed by atoms with Crippen LogP contribution in [-0.4, -0.2) is 32.6 Å². The number of benzene rings is 1. The van der Waals surface area contributed by atoms with E-state index in [1.165, 1.54) is 11.8 Å². The van der Waals surface area contributed by atoms with Gasteiger partial charge in [0, 0.05) is 12.7 Å². The summed E-state index contributed by atoms with van der Waals surface area (Å²) in [6.07, 6.45) is 5.38. The summed E-state index contributed by atoms with van der Waals surface area (Å²) >= 11 is 0. The van der Waals surface area contributed by atoms with Gasteiger partial charge in [-0.25, -0.2) is 8.42 Å². The smallest absolute Gasteiger partial charge is 0.150 e. The van der Waals surface area contributed by atoms with Crippen LogP contribution in [0.4, 0.5) is 0 Å². The predicted octanol–water partition coefficient (Wildman–Crippen LogP) is 1.92. The third-order valence-electron chi connectivity index (χ3n) is 3.84. The van der Waals surface area contributed by atoms with Crippen molar-refractivity contribution in [2.45, 2.75) is 43.5 Å². The van der Waals surface area contributed by atoms with Crippen LogP contribution in [0.5, 0.6) is 5.75 Å². The third kappa shape index (κ3) is 4.21. The van der Waals surface area contributed by atoms with Crippen LogP contribution in [0.15, 0.2) is 24.3 Å². The van der Waals surface area contributed by atoms with Crippen LogP contribution >= 0.6 is 0 Å². The average molecular weight is 297 g/mol. The van der Waals surface area contributed by atoms with Crippen LogP contribution in [0.25, 0.3) is 0 Å². The Morgan fingerprint density at radius 3 is 2.55 bits per heavy atom. The Hall–Kier alpha value is -1.07. The predicted molar refractivity (Wildman–Crippen MR) is 80.7 cm³/mol. The highest BCUT2D eigenvalue weighted by Crippen LogP contribution is 2.27. The lowest BCUT2D eigenvalue weighted by molar-refractivity contribution is 0.156. The first-order chi connectivity index (χ1) is 9.49. The van der Waals surface area contributed by atoms with Crippen molar-refractivity contribution in [2.75, 3.05) is 12.8 Å². The third-order valence-corrected chi connectivity index (χ3v) is 5.48. The quantitative estimate of drug-likeness (QED) is 0.901. The van der Waals surface area contributed by atoms with Gasteiger partial charge in [0.1, 0.15) is 15.6 Å². The van der Waals surface area contributed by atoms with E-state index in [1.54, 1.807) is 0 Å². The van der Waals surface area contributed by atoms with Crippen molar-refractivity contribution < 1.29 is 13.2 Å². The van der Waals surface area contributed by atoms with Gasteiger partial charge in [-0.2, -0.15) is 0 Å². The van der Waals surface area contributed by atoms with E-state index in [1.807, 2.05) is 24.3 Å². The molecule has 2 rings (SSSR count). The van der Waals surface area contributed by atoms with E-state index in [9.17, 15) is 8.42 Å². The number of rotatable bonds is 5. The summed E-state index contributed by atoms with van der Waals surface area (Å²) in [5, 5.41) is -0.252. The van der Waals surface area contributed by atoms with E-state index in [-0.39, 0.29) is 11.4 Å². The van der Waals surface area contributed by atoms with Gasteiger partial charge in [0.25, 0.3) is 0 Å². The van der Waals surface area contributed by atoms with Crippen molar-refractivity contribution in [3.8, 4) is 5.75 Å². The van der Waals surface area contributed by atoms with Gasteiger partial charge in [-0.05, 0) is 49.9 Å². The number of hydrogen-bond acceptors (Lipinski definition) is 4. The molecule has 0 saturated heterocycles. The normalized spacial score (nSPS) is 23.5. The maximum Gasteiger partial charge on any atom is 0.150 e. The zero-order chi connectivity index (χ0) is 14.6. The monoisotopic (exact) mass is 297 g/mol. The molecule has 1 aromatic rings. The van der Waals surface area contributed by atoms with E-state index >= 15 is 0 Å². The lowest BCUT2D eigenvalue weighted by Gasteiger charge is -2.28. The van der Waals surface area contributed by atoms with E-state index in [0.717, 1.165) is 31.4 Å². The summed E-state index contributed by atoms with van der Waals surface area (Å²) in [6.45, 7) is 0.638. The lowest BCUT2D eigenvalue weighted by atomic mass is 9.97. The van der Waals surface area contributed by atoms with E-state index in [0.29, 0.717) is 13.0 Å². The van der Waals surface area contributed by atoms with E-state index in [2.05, 4.69) is 0 Å².